The van der Waals surface area contributed by atoms with Crippen molar-refractivity contribution in [2.75, 3.05) is 17.7 Å². The quantitative estimate of drug-likeness (QED) is 0.872. The van der Waals surface area contributed by atoms with Crippen LogP contribution in [0.4, 0.5) is 11.4 Å². The lowest BCUT2D eigenvalue weighted by atomic mass is 10.2. The van der Waals surface area contributed by atoms with Crippen LogP contribution in [0.2, 0.25) is 0 Å². The number of anilines is 2. The second-order valence-corrected chi connectivity index (χ2v) is 4.31. The molecular weight excluding hydrogens is 228 g/mol. The molecule has 5 heteroatoms. The molecule has 0 atom stereocenters. The van der Waals surface area contributed by atoms with Gasteiger partial charge in [0.05, 0.1) is 5.69 Å². The Hall–Kier alpha value is -2.30. The van der Waals surface area contributed by atoms with Crippen LogP contribution in [0.1, 0.15) is 16.1 Å². The van der Waals surface area contributed by atoms with E-state index in [1.807, 2.05) is 31.2 Å². The molecule has 94 valence electrons. The van der Waals surface area contributed by atoms with Gasteiger partial charge in [0.1, 0.15) is 0 Å². The van der Waals surface area contributed by atoms with Gasteiger partial charge in [-0.05, 0) is 19.1 Å². The fourth-order valence-corrected chi connectivity index (χ4v) is 1.72. The highest BCUT2D eigenvalue weighted by atomic mass is 16.2. The second kappa shape index (κ2) is 4.52. The molecule has 0 aliphatic carbocycles. The lowest BCUT2D eigenvalue weighted by Crippen LogP contribution is -2.27. The number of nitrogen functional groups attached to an aromatic ring is 1. The number of benzene rings is 1. The van der Waals surface area contributed by atoms with E-state index in [1.54, 1.807) is 20.3 Å². The normalized spacial score (nSPS) is 10.4. The minimum absolute atomic E-state index is 0.211. The summed E-state index contributed by atoms with van der Waals surface area (Å²) in [7, 11) is 3.44. The van der Waals surface area contributed by atoms with Gasteiger partial charge in [0, 0.05) is 26.0 Å². The minimum atomic E-state index is -0.211. The maximum Gasteiger partial charge on any atom is 0.280 e. The molecular formula is C13H16N4O. The van der Waals surface area contributed by atoms with Crippen LogP contribution < -0.4 is 10.6 Å². The Labute approximate surface area is 106 Å². The molecule has 2 aromatic rings. The molecule has 5 nitrogen and oxygen atoms in total. The summed E-state index contributed by atoms with van der Waals surface area (Å²) in [6.45, 7) is 2.00. The van der Waals surface area contributed by atoms with Crippen molar-refractivity contribution in [3.8, 4) is 0 Å². The van der Waals surface area contributed by atoms with E-state index in [0.29, 0.717) is 5.69 Å². The van der Waals surface area contributed by atoms with Gasteiger partial charge in [-0.1, -0.05) is 17.7 Å². The van der Waals surface area contributed by atoms with E-state index >= 15 is 0 Å². The number of aromatic nitrogens is 2. The standard InChI is InChI=1S/C13H16N4O/c1-9-4-6-10(7-5-9)17(3)13(18)12-11(14)8-16(2)15-12/h4-8H,14H2,1-3H3. The van der Waals surface area contributed by atoms with Crippen LogP contribution in [0.15, 0.2) is 30.5 Å². The van der Waals surface area contributed by atoms with Crippen molar-refractivity contribution in [1.29, 1.82) is 0 Å². The third-order valence-corrected chi connectivity index (χ3v) is 2.79. The number of rotatable bonds is 2. The molecule has 0 aliphatic heterocycles. The van der Waals surface area contributed by atoms with Crippen LogP contribution >= 0.6 is 0 Å². The number of carbonyl (C=O) groups excluding carboxylic acids is 1. The van der Waals surface area contributed by atoms with Gasteiger partial charge in [0.25, 0.3) is 5.91 Å². The summed E-state index contributed by atoms with van der Waals surface area (Å²) in [6.07, 6.45) is 1.62. The van der Waals surface area contributed by atoms with Gasteiger partial charge in [0.15, 0.2) is 5.69 Å². The monoisotopic (exact) mass is 244 g/mol. The van der Waals surface area contributed by atoms with Gasteiger partial charge >= 0.3 is 0 Å². The van der Waals surface area contributed by atoms with Crippen molar-refractivity contribution in [3.05, 3.63) is 41.7 Å². The molecule has 1 amide bonds. The van der Waals surface area contributed by atoms with Crippen molar-refractivity contribution in [1.82, 2.24) is 9.78 Å². The average molecular weight is 244 g/mol. The Bertz CT molecular complexity index is 571. The first-order valence-electron chi connectivity index (χ1n) is 5.63. The first kappa shape index (κ1) is 12.2. The predicted octanol–water partition coefficient (Wildman–Crippen LogP) is 1.59. The lowest BCUT2D eigenvalue weighted by Gasteiger charge is -2.16. The van der Waals surface area contributed by atoms with Crippen molar-refractivity contribution >= 4 is 17.3 Å². The van der Waals surface area contributed by atoms with E-state index in [9.17, 15) is 4.79 Å². The van der Waals surface area contributed by atoms with Crippen LogP contribution in [0, 0.1) is 6.92 Å². The molecule has 18 heavy (non-hydrogen) atoms. The highest BCUT2D eigenvalue weighted by Gasteiger charge is 2.19. The Morgan fingerprint density at radius 1 is 1.33 bits per heavy atom. The second-order valence-electron chi connectivity index (χ2n) is 4.31. The third-order valence-electron chi connectivity index (χ3n) is 2.79. The topological polar surface area (TPSA) is 64.2 Å². The molecule has 0 saturated heterocycles. The van der Waals surface area contributed by atoms with E-state index in [0.717, 1.165) is 11.3 Å². The first-order chi connectivity index (χ1) is 8.49. The number of hydrogen-bond acceptors (Lipinski definition) is 3. The minimum Gasteiger partial charge on any atom is -0.396 e. The van der Waals surface area contributed by atoms with Crippen molar-refractivity contribution in [2.45, 2.75) is 6.92 Å². The molecule has 0 fully saturated rings. The summed E-state index contributed by atoms with van der Waals surface area (Å²) in [5.41, 5.74) is 8.39. The molecule has 0 aliphatic rings. The summed E-state index contributed by atoms with van der Waals surface area (Å²) in [6, 6.07) is 7.71. The SMILES string of the molecule is Cc1ccc(N(C)C(=O)c2nn(C)cc2N)cc1. The Morgan fingerprint density at radius 2 is 1.94 bits per heavy atom. The van der Waals surface area contributed by atoms with Crippen LogP contribution in [0.5, 0.6) is 0 Å². The zero-order valence-electron chi connectivity index (χ0n) is 10.7. The lowest BCUT2D eigenvalue weighted by molar-refractivity contribution is 0.0988. The molecule has 2 N–H and O–H groups in total. The maximum absolute atomic E-state index is 12.2. The maximum atomic E-state index is 12.2. The molecule has 0 spiro atoms. The first-order valence-corrected chi connectivity index (χ1v) is 5.63. The number of nitrogens with two attached hydrogens (primary N) is 1. The summed E-state index contributed by atoms with van der Waals surface area (Å²) >= 11 is 0. The number of hydrogen-bond donors (Lipinski definition) is 1. The largest absolute Gasteiger partial charge is 0.396 e. The number of carbonyl (C=O) groups is 1. The average Bonchev–Trinajstić information content (AvgIpc) is 2.67. The van der Waals surface area contributed by atoms with E-state index in [4.69, 9.17) is 5.73 Å². The van der Waals surface area contributed by atoms with Gasteiger partial charge in [-0.3, -0.25) is 9.48 Å². The summed E-state index contributed by atoms with van der Waals surface area (Å²) in [5.74, 6) is -0.211. The van der Waals surface area contributed by atoms with E-state index in [1.165, 1.54) is 9.58 Å². The molecule has 0 unspecified atom stereocenters. The highest BCUT2D eigenvalue weighted by molar-refractivity contribution is 6.07. The van der Waals surface area contributed by atoms with E-state index < -0.39 is 0 Å². The van der Waals surface area contributed by atoms with Crippen molar-refractivity contribution in [3.63, 3.8) is 0 Å². The number of nitrogens with zero attached hydrogens (tertiary/aromatic N) is 3. The zero-order chi connectivity index (χ0) is 13.3. The number of aryl methyl sites for hydroxylation is 2. The zero-order valence-corrected chi connectivity index (χ0v) is 10.7. The third kappa shape index (κ3) is 2.20. The summed E-state index contributed by atoms with van der Waals surface area (Å²) < 4.78 is 1.53. The smallest absolute Gasteiger partial charge is 0.280 e. The van der Waals surface area contributed by atoms with Gasteiger partial charge in [-0.2, -0.15) is 5.10 Å². The Kier molecular flexibility index (Phi) is 3.06. The molecule has 0 saturated carbocycles. The fraction of sp³-hybridized carbons (Fsp3) is 0.231. The Morgan fingerprint density at radius 3 is 2.44 bits per heavy atom. The number of amides is 1. The van der Waals surface area contributed by atoms with Gasteiger partial charge in [-0.25, -0.2) is 0 Å². The molecule has 1 aromatic heterocycles. The molecule has 0 radical (unpaired) electrons. The molecule has 2 rings (SSSR count). The van der Waals surface area contributed by atoms with E-state index in [-0.39, 0.29) is 11.6 Å². The Balaban J connectivity index is 2.29. The van der Waals surface area contributed by atoms with Gasteiger partial charge in [0.2, 0.25) is 0 Å². The van der Waals surface area contributed by atoms with Crippen molar-refractivity contribution in [2.24, 2.45) is 7.05 Å². The van der Waals surface area contributed by atoms with Crippen LogP contribution in [0.3, 0.4) is 0 Å². The van der Waals surface area contributed by atoms with Crippen molar-refractivity contribution < 1.29 is 4.79 Å². The summed E-state index contributed by atoms with van der Waals surface area (Å²) in [5, 5.41) is 4.07. The van der Waals surface area contributed by atoms with Crippen LogP contribution in [0.25, 0.3) is 0 Å². The van der Waals surface area contributed by atoms with Crippen LogP contribution in [-0.2, 0) is 7.05 Å². The van der Waals surface area contributed by atoms with E-state index in [2.05, 4.69) is 5.10 Å². The van der Waals surface area contributed by atoms with Gasteiger partial charge < -0.3 is 10.6 Å². The fourth-order valence-electron chi connectivity index (χ4n) is 1.72. The molecule has 1 heterocycles. The molecule has 0 bridgehead atoms. The molecule has 1 aromatic carbocycles. The predicted molar refractivity (Wildman–Crippen MR) is 71.5 cm³/mol. The van der Waals surface area contributed by atoms with Crippen LogP contribution in [-0.4, -0.2) is 22.7 Å². The summed E-state index contributed by atoms with van der Waals surface area (Å²) in [4.78, 5) is 13.8. The van der Waals surface area contributed by atoms with Gasteiger partial charge in [-0.15, -0.1) is 0 Å². The highest BCUT2D eigenvalue weighted by Crippen LogP contribution is 2.18.